The van der Waals surface area contributed by atoms with E-state index in [1.165, 1.54) is 0 Å². The molecule has 4 heteroatoms. The molecule has 0 radical (unpaired) electrons. The molecule has 1 aromatic rings. The molecular formula is C16H17NO3. The zero-order valence-electron chi connectivity index (χ0n) is 11.3. The molecule has 0 unspecified atom stereocenters. The molecule has 2 saturated carbocycles. The highest BCUT2D eigenvalue weighted by Gasteiger charge is 2.63. The molecule has 1 heterocycles. The van der Waals surface area contributed by atoms with Gasteiger partial charge >= 0.3 is 5.97 Å². The number of hydrogen-bond donors (Lipinski definition) is 1. The van der Waals surface area contributed by atoms with Gasteiger partial charge in [0.15, 0.2) is 0 Å². The van der Waals surface area contributed by atoms with Gasteiger partial charge in [-0.3, -0.25) is 9.59 Å². The van der Waals surface area contributed by atoms with Crippen LogP contribution in [-0.2, 0) is 14.3 Å². The van der Waals surface area contributed by atoms with Crippen molar-refractivity contribution in [2.45, 2.75) is 25.9 Å². The number of para-hydroxylation sites is 1. The second kappa shape index (κ2) is 4.08. The molecule has 1 amide bonds. The number of esters is 1. The first-order valence-corrected chi connectivity index (χ1v) is 7.22. The van der Waals surface area contributed by atoms with Gasteiger partial charge in [-0.25, -0.2) is 0 Å². The SMILES string of the molecule is Cc1ccccc1NC(=O)[C@@H]1[C@@H]2C[C@@H]3[C@@H]1C(=O)O[C@@H]3C2. The standard InChI is InChI=1S/C16H17NO3/c1-8-4-2-3-5-11(8)17-15(18)13-9-6-10-12(7-9)20-16(19)14(10)13/h2-5,9-10,12-14H,6-7H2,1H3,(H,17,18)/t9-,10+,12-,13-,14+/m1/s1. The molecule has 4 nitrogen and oxygen atoms in total. The van der Waals surface area contributed by atoms with Crippen molar-refractivity contribution in [2.75, 3.05) is 5.32 Å². The van der Waals surface area contributed by atoms with E-state index in [0.29, 0.717) is 5.92 Å². The Hall–Kier alpha value is -1.84. The Balaban J connectivity index is 1.58. The van der Waals surface area contributed by atoms with Gasteiger partial charge in [0.2, 0.25) is 5.91 Å². The van der Waals surface area contributed by atoms with E-state index in [2.05, 4.69) is 5.32 Å². The molecule has 104 valence electrons. The summed E-state index contributed by atoms with van der Waals surface area (Å²) >= 11 is 0. The number of hydrogen-bond acceptors (Lipinski definition) is 3. The number of anilines is 1. The zero-order valence-corrected chi connectivity index (χ0v) is 11.3. The van der Waals surface area contributed by atoms with E-state index in [1.807, 2.05) is 31.2 Å². The third kappa shape index (κ3) is 1.54. The van der Waals surface area contributed by atoms with Crippen molar-refractivity contribution in [1.82, 2.24) is 0 Å². The third-order valence-corrected chi connectivity index (χ3v) is 5.19. The van der Waals surface area contributed by atoms with E-state index >= 15 is 0 Å². The largest absolute Gasteiger partial charge is 0.462 e. The third-order valence-electron chi connectivity index (χ3n) is 5.19. The Labute approximate surface area is 117 Å². The minimum atomic E-state index is -0.206. The van der Waals surface area contributed by atoms with Crippen molar-refractivity contribution in [3.63, 3.8) is 0 Å². The van der Waals surface area contributed by atoms with Gasteiger partial charge < -0.3 is 10.1 Å². The summed E-state index contributed by atoms with van der Waals surface area (Å²) in [6.07, 6.45) is 1.91. The highest BCUT2D eigenvalue weighted by atomic mass is 16.6. The normalized spacial score (nSPS) is 37.0. The summed E-state index contributed by atoms with van der Waals surface area (Å²) in [5.41, 5.74) is 1.87. The first-order chi connectivity index (χ1) is 9.65. The van der Waals surface area contributed by atoms with Crippen LogP contribution in [0.4, 0.5) is 5.69 Å². The van der Waals surface area contributed by atoms with Gasteiger partial charge in [-0.15, -0.1) is 0 Å². The van der Waals surface area contributed by atoms with Gasteiger partial charge in [0, 0.05) is 11.6 Å². The number of ether oxygens (including phenoxy) is 1. The number of amides is 1. The number of aryl methyl sites for hydroxylation is 1. The van der Waals surface area contributed by atoms with Crippen LogP contribution < -0.4 is 5.32 Å². The number of nitrogens with one attached hydrogen (secondary N) is 1. The number of benzene rings is 1. The zero-order chi connectivity index (χ0) is 13.9. The molecule has 1 aromatic carbocycles. The van der Waals surface area contributed by atoms with Crippen LogP contribution >= 0.6 is 0 Å². The van der Waals surface area contributed by atoms with Gasteiger partial charge in [-0.05, 0) is 37.3 Å². The molecule has 0 spiro atoms. The van der Waals surface area contributed by atoms with Gasteiger partial charge in [0.1, 0.15) is 6.10 Å². The molecule has 2 bridgehead atoms. The lowest BCUT2D eigenvalue weighted by Gasteiger charge is -2.23. The second-order valence-corrected chi connectivity index (χ2v) is 6.23. The first kappa shape index (κ1) is 11.9. The van der Waals surface area contributed by atoms with Crippen LogP contribution in [0, 0.1) is 30.6 Å². The summed E-state index contributed by atoms with van der Waals surface area (Å²) in [5, 5.41) is 2.99. The van der Waals surface area contributed by atoms with Crippen LogP contribution in [0.15, 0.2) is 24.3 Å². The number of fused-ring (bicyclic) bond motifs is 1. The molecule has 3 aliphatic rings. The molecule has 4 rings (SSSR count). The van der Waals surface area contributed by atoms with E-state index in [1.54, 1.807) is 0 Å². The number of carbonyl (C=O) groups excluding carboxylic acids is 2. The molecule has 1 aliphatic heterocycles. The van der Waals surface area contributed by atoms with Gasteiger partial charge in [-0.2, -0.15) is 0 Å². The average molecular weight is 271 g/mol. The topological polar surface area (TPSA) is 55.4 Å². The second-order valence-electron chi connectivity index (χ2n) is 6.23. The van der Waals surface area contributed by atoms with E-state index in [4.69, 9.17) is 4.74 Å². The van der Waals surface area contributed by atoms with Crippen LogP contribution in [0.25, 0.3) is 0 Å². The Kier molecular flexibility index (Phi) is 2.43. The number of carbonyl (C=O) groups is 2. The maximum Gasteiger partial charge on any atom is 0.310 e. The lowest BCUT2D eigenvalue weighted by atomic mass is 9.79. The molecule has 20 heavy (non-hydrogen) atoms. The van der Waals surface area contributed by atoms with Crippen LogP contribution in [-0.4, -0.2) is 18.0 Å². The predicted octanol–water partition coefficient (Wildman–Crippen LogP) is 2.13. The maximum absolute atomic E-state index is 12.6. The van der Waals surface area contributed by atoms with E-state index in [9.17, 15) is 9.59 Å². The predicted molar refractivity (Wildman–Crippen MR) is 72.9 cm³/mol. The lowest BCUT2D eigenvalue weighted by molar-refractivity contribution is -0.145. The summed E-state index contributed by atoms with van der Waals surface area (Å²) in [6.45, 7) is 1.97. The van der Waals surface area contributed by atoms with Crippen LogP contribution in [0.5, 0.6) is 0 Å². The minimum absolute atomic E-state index is 0.0194. The van der Waals surface area contributed by atoms with Crippen molar-refractivity contribution in [2.24, 2.45) is 23.7 Å². The molecular weight excluding hydrogens is 254 g/mol. The Morgan fingerprint density at radius 3 is 2.90 bits per heavy atom. The quantitative estimate of drug-likeness (QED) is 0.838. The summed E-state index contributed by atoms with van der Waals surface area (Å²) in [4.78, 5) is 24.5. The van der Waals surface area contributed by atoms with Crippen molar-refractivity contribution in [1.29, 1.82) is 0 Å². The lowest BCUT2D eigenvalue weighted by Crippen LogP contribution is -2.36. The fourth-order valence-electron chi connectivity index (χ4n) is 4.29. The van der Waals surface area contributed by atoms with Crippen LogP contribution in [0.1, 0.15) is 18.4 Å². The molecule has 1 saturated heterocycles. The Morgan fingerprint density at radius 1 is 1.30 bits per heavy atom. The van der Waals surface area contributed by atoms with Crippen LogP contribution in [0.3, 0.4) is 0 Å². The Morgan fingerprint density at radius 2 is 2.10 bits per heavy atom. The fourth-order valence-corrected chi connectivity index (χ4v) is 4.29. The fraction of sp³-hybridized carbons (Fsp3) is 0.500. The summed E-state index contributed by atoms with van der Waals surface area (Å²) < 4.78 is 5.37. The van der Waals surface area contributed by atoms with Gasteiger partial charge in [0.05, 0.1) is 11.8 Å². The first-order valence-electron chi connectivity index (χ1n) is 7.22. The molecule has 0 aromatic heterocycles. The smallest absolute Gasteiger partial charge is 0.310 e. The molecule has 1 N–H and O–H groups in total. The summed E-state index contributed by atoms with van der Waals surface area (Å²) in [5.74, 6) is -0.00162. The monoisotopic (exact) mass is 271 g/mol. The average Bonchev–Trinajstić information content (AvgIpc) is 3.02. The van der Waals surface area contributed by atoms with E-state index in [-0.39, 0.29) is 35.7 Å². The van der Waals surface area contributed by atoms with Crippen molar-refractivity contribution >= 4 is 17.6 Å². The van der Waals surface area contributed by atoms with Gasteiger partial charge in [0.25, 0.3) is 0 Å². The highest BCUT2D eigenvalue weighted by molar-refractivity contribution is 5.97. The maximum atomic E-state index is 12.6. The van der Waals surface area contributed by atoms with Gasteiger partial charge in [-0.1, -0.05) is 18.2 Å². The molecule has 3 fully saturated rings. The van der Waals surface area contributed by atoms with E-state index < -0.39 is 0 Å². The van der Waals surface area contributed by atoms with Crippen molar-refractivity contribution in [3.05, 3.63) is 29.8 Å². The highest BCUT2D eigenvalue weighted by Crippen LogP contribution is 2.57. The van der Waals surface area contributed by atoms with E-state index in [0.717, 1.165) is 24.1 Å². The summed E-state index contributed by atoms with van der Waals surface area (Å²) in [6, 6.07) is 7.72. The Bertz CT molecular complexity index is 595. The number of rotatable bonds is 2. The van der Waals surface area contributed by atoms with Crippen LogP contribution in [0.2, 0.25) is 0 Å². The minimum Gasteiger partial charge on any atom is -0.462 e. The summed E-state index contributed by atoms with van der Waals surface area (Å²) in [7, 11) is 0. The molecule has 2 aliphatic carbocycles. The van der Waals surface area contributed by atoms with Crippen molar-refractivity contribution in [3.8, 4) is 0 Å². The van der Waals surface area contributed by atoms with Crippen molar-refractivity contribution < 1.29 is 14.3 Å². The molecule has 5 atom stereocenters.